The van der Waals surface area contributed by atoms with Crippen molar-refractivity contribution >= 4 is 17.7 Å². The number of nitrogens with zero attached hydrogens (tertiary/aromatic N) is 1. The maximum atomic E-state index is 13.7. The number of rotatable bonds is 3. The number of aliphatic carboxylic acids is 1. The summed E-state index contributed by atoms with van der Waals surface area (Å²) in [6, 6.07) is 2.26. The average Bonchev–Trinajstić information content (AvgIpc) is 2.92. The molecule has 7 heteroatoms. The quantitative estimate of drug-likeness (QED) is 0.895. The molecular weight excluding hydrogens is 279 g/mol. The van der Waals surface area contributed by atoms with Crippen molar-refractivity contribution < 1.29 is 23.8 Å². The number of urea groups is 1. The summed E-state index contributed by atoms with van der Waals surface area (Å²) in [6.45, 7) is 2.26. The van der Waals surface area contributed by atoms with E-state index in [4.69, 9.17) is 9.84 Å². The fourth-order valence-corrected chi connectivity index (χ4v) is 2.29. The number of nitrogens with one attached hydrogen (secondary N) is 1. The van der Waals surface area contributed by atoms with Gasteiger partial charge < -0.3 is 20.1 Å². The Bertz CT molecular complexity index is 576. The van der Waals surface area contributed by atoms with E-state index in [9.17, 15) is 14.0 Å². The number of ether oxygens (including phenoxy) is 1. The van der Waals surface area contributed by atoms with Crippen LogP contribution in [-0.2, 0) is 4.79 Å². The van der Waals surface area contributed by atoms with E-state index in [0.717, 1.165) is 0 Å². The highest BCUT2D eigenvalue weighted by Crippen LogP contribution is 2.26. The lowest BCUT2D eigenvalue weighted by molar-refractivity contribution is -0.141. The number of anilines is 1. The fourth-order valence-electron chi connectivity index (χ4n) is 2.29. The number of hydrogen-bond donors (Lipinski definition) is 2. The van der Waals surface area contributed by atoms with E-state index >= 15 is 0 Å². The molecule has 1 atom stereocenters. The van der Waals surface area contributed by atoms with Gasteiger partial charge in [-0.15, -0.1) is 0 Å². The molecule has 2 amide bonds. The summed E-state index contributed by atoms with van der Waals surface area (Å²) in [6.07, 6.45) is 0.429. The number of carboxylic acids is 1. The number of benzene rings is 1. The summed E-state index contributed by atoms with van der Waals surface area (Å²) in [5.74, 6) is -1.90. The molecule has 1 aliphatic heterocycles. The molecule has 0 radical (unpaired) electrons. The van der Waals surface area contributed by atoms with Gasteiger partial charge in [0.05, 0.1) is 13.0 Å². The minimum atomic E-state index is -0.906. The Kier molecular flexibility index (Phi) is 4.30. The van der Waals surface area contributed by atoms with Gasteiger partial charge >= 0.3 is 12.0 Å². The van der Waals surface area contributed by atoms with Gasteiger partial charge in [-0.2, -0.15) is 0 Å². The van der Waals surface area contributed by atoms with E-state index in [0.29, 0.717) is 24.2 Å². The van der Waals surface area contributed by atoms with E-state index in [1.165, 1.54) is 24.1 Å². The first-order valence-electron chi connectivity index (χ1n) is 6.55. The first-order chi connectivity index (χ1) is 9.92. The van der Waals surface area contributed by atoms with Gasteiger partial charge in [0.25, 0.3) is 0 Å². The minimum absolute atomic E-state index is 0.109. The lowest BCUT2D eigenvalue weighted by atomic mass is 10.1. The van der Waals surface area contributed by atoms with Gasteiger partial charge in [0, 0.05) is 24.8 Å². The molecule has 1 fully saturated rings. The van der Waals surface area contributed by atoms with Crippen LogP contribution in [-0.4, -0.2) is 42.2 Å². The predicted molar refractivity (Wildman–Crippen MR) is 74.0 cm³/mol. The summed E-state index contributed by atoms with van der Waals surface area (Å²) < 4.78 is 18.5. The van der Waals surface area contributed by atoms with Crippen LogP contribution < -0.4 is 10.1 Å². The van der Waals surface area contributed by atoms with Crippen LogP contribution in [0.4, 0.5) is 14.9 Å². The van der Waals surface area contributed by atoms with Gasteiger partial charge in [-0.25, -0.2) is 9.18 Å². The Hall–Kier alpha value is -2.31. The maximum absolute atomic E-state index is 13.7. The zero-order valence-electron chi connectivity index (χ0n) is 11.9. The molecule has 1 aromatic rings. The van der Waals surface area contributed by atoms with Crippen molar-refractivity contribution in [1.82, 2.24) is 4.90 Å². The monoisotopic (exact) mass is 296 g/mol. The molecule has 0 aromatic heterocycles. The second kappa shape index (κ2) is 5.99. The largest absolute Gasteiger partial charge is 0.494 e. The molecule has 0 spiro atoms. The summed E-state index contributed by atoms with van der Waals surface area (Å²) in [5, 5.41) is 11.5. The Morgan fingerprint density at radius 2 is 2.19 bits per heavy atom. The van der Waals surface area contributed by atoms with Crippen LogP contribution in [0.1, 0.15) is 12.0 Å². The third-order valence-electron chi connectivity index (χ3n) is 3.57. The summed E-state index contributed by atoms with van der Waals surface area (Å²) in [4.78, 5) is 24.4. The Labute approximate surface area is 121 Å². The highest BCUT2D eigenvalue weighted by molar-refractivity contribution is 5.91. The molecule has 21 heavy (non-hydrogen) atoms. The summed E-state index contributed by atoms with van der Waals surface area (Å²) >= 11 is 0. The van der Waals surface area contributed by atoms with Crippen LogP contribution in [0.5, 0.6) is 5.75 Å². The van der Waals surface area contributed by atoms with Crippen LogP contribution in [0.2, 0.25) is 0 Å². The van der Waals surface area contributed by atoms with Gasteiger partial charge in [-0.3, -0.25) is 4.79 Å². The van der Waals surface area contributed by atoms with Gasteiger partial charge in [0.15, 0.2) is 11.6 Å². The smallest absolute Gasteiger partial charge is 0.321 e. The highest BCUT2D eigenvalue weighted by atomic mass is 19.1. The van der Waals surface area contributed by atoms with E-state index in [1.807, 2.05) is 0 Å². The van der Waals surface area contributed by atoms with Gasteiger partial charge in [-0.05, 0) is 25.0 Å². The number of carbonyl (C=O) groups is 2. The molecular formula is C14H17FN2O4. The maximum Gasteiger partial charge on any atom is 0.321 e. The van der Waals surface area contributed by atoms with E-state index in [-0.39, 0.29) is 12.3 Å². The number of halogens is 1. The van der Waals surface area contributed by atoms with Crippen molar-refractivity contribution in [2.75, 3.05) is 25.5 Å². The number of methoxy groups -OCH3 is 1. The van der Waals surface area contributed by atoms with Crippen molar-refractivity contribution in [3.63, 3.8) is 0 Å². The third-order valence-corrected chi connectivity index (χ3v) is 3.57. The summed E-state index contributed by atoms with van der Waals surface area (Å²) in [7, 11) is 1.37. The molecule has 0 aliphatic carbocycles. The lowest BCUT2D eigenvalue weighted by Crippen LogP contribution is -2.34. The first-order valence-corrected chi connectivity index (χ1v) is 6.55. The number of aryl methyl sites for hydroxylation is 1. The number of hydrogen-bond acceptors (Lipinski definition) is 3. The van der Waals surface area contributed by atoms with Crippen molar-refractivity contribution in [2.24, 2.45) is 5.92 Å². The average molecular weight is 296 g/mol. The fraction of sp³-hybridized carbons (Fsp3) is 0.429. The molecule has 1 aromatic carbocycles. The van der Waals surface area contributed by atoms with Gasteiger partial charge in [-0.1, -0.05) is 0 Å². The predicted octanol–water partition coefficient (Wildman–Crippen LogP) is 2.08. The molecule has 114 valence electrons. The van der Waals surface area contributed by atoms with Gasteiger partial charge in [0.1, 0.15) is 0 Å². The van der Waals surface area contributed by atoms with Crippen molar-refractivity contribution in [1.29, 1.82) is 0 Å². The van der Waals surface area contributed by atoms with E-state index < -0.39 is 23.7 Å². The van der Waals surface area contributed by atoms with Crippen LogP contribution >= 0.6 is 0 Å². The molecule has 2 rings (SSSR count). The molecule has 0 bridgehead atoms. The van der Waals surface area contributed by atoms with Gasteiger partial charge in [0.2, 0.25) is 0 Å². The molecule has 1 aliphatic rings. The molecule has 2 N–H and O–H groups in total. The van der Waals surface area contributed by atoms with E-state index in [2.05, 4.69) is 5.32 Å². The van der Waals surface area contributed by atoms with E-state index in [1.54, 1.807) is 6.92 Å². The van der Waals surface area contributed by atoms with Crippen LogP contribution in [0.25, 0.3) is 0 Å². The number of likely N-dealkylation sites (tertiary alicyclic amines) is 1. The summed E-state index contributed by atoms with van der Waals surface area (Å²) in [5.41, 5.74) is 1.01. The molecule has 1 saturated heterocycles. The molecule has 1 unspecified atom stereocenters. The minimum Gasteiger partial charge on any atom is -0.494 e. The second-order valence-electron chi connectivity index (χ2n) is 5.00. The van der Waals surface area contributed by atoms with Crippen molar-refractivity contribution in [2.45, 2.75) is 13.3 Å². The zero-order chi connectivity index (χ0) is 15.6. The Morgan fingerprint density at radius 1 is 1.48 bits per heavy atom. The van der Waals surface area contributed by atoms with Crippen LogP contribution in [0, 0.1) is 18.7 Å². The standard InChI is InChI=1S/C14H17FN2O4/c1-8-5-12(21-2)10(15)6-11(8)16-14(20)17-4-3-9(7-17)13(18)19/h5-6,9H,3-4,7H2,1-2H3,(H,16,20)(H,18,19). The molecule has 6 nitrogen and oxygen atoms in total. The van der Waals surface area contributed by atoms with Crippen molar-refractivity contribution in [3.05, 3.63) is 23.5 Å². The molecule has 1 heterocycles. The third kappa shape index (κ3) is 3.24. The normalized spacial score (nSPS) is 17.7. The van der Waals surface area contributed by atoms with Crippen LogP contribution in [0.3, 0.4) is 0 Å². The number of carboxylic acid groups (broad SMARTS) is 1. The Balaban J connectivity index is 2.07. The number of carbonyl (C=O) groups excluding carboxylic acids is 1. The zero-order valence-corrected chi connectivity index (χ0v) is 11.9. The van der Waals surface area contributed by atoms with Crippen molar-refractivity contribution in [3.8, 4) is 5.75 Å². The SMILES string of the molecule is COc1cc(C)c(NC(=O)N2CCC(C(=O)O)C2)cc1F. The molecule has 0 saturated carbocycles. The highest BCUT2D eigenvalue weighted by Gasteiger charge is 2.31. The Morgan fingerprint density at radius 3 is 2.76 bits per heavy atom. The lowest BCUT2D eigenvalue weighted by Gasteiger charge is -2.18. The first kappa shape index (κ1) is 15.1. The second-order valence-corrected chi connectivity index (χ2v) is 5.00. The topological polar surface area (TPSA) is 78.9 Å². The van der Waals surface area contributed by atoms with Crippen LogP contribution in [0.15, 0.2) is 12.1 Å². The number of amides is 2.